The Morgan fingerprint density at radius 3 is 2.60 bits per heavy atom. The normalized spacial score (nSPS) is 17.2. The molecule has 3 heterocycles. The van der Waals surface area contributed by atoms with Crippen LogP contribution < -0.4 is 5.32 Å². The third-order valence-electron chi connectivity index (χ3n) is 6.37. The van der Waals surface area contributed by atoms with Gasteiger partial charge in [-0.05, 0) is 48.4 Å². The van der Waals surface area contributed by atoms with Crippen LogP contribution in [0.1, 0.15) is 28.4 Å². The summed E-state index contributed by atoms with van der Waals surface area (Å²) in [4.78, 5) is 6.74. The third kappa shape index (κ3) is 4.59. The molecule has 5 rings (SSSR count). The van der Waals surface area contributed by atoms with Gasteiger partial charge in [0.25, 0.3) is 0 Å². The van der Waals surface area contributed by atoms with Crippen LogP contribution in [0.2, 0.25) is 0 Å². The second-order valence-electron chi connectivity index (χ2n) is 8.67. The van der Waals surface area contributed by atoms with Crippen molar-refractivity contribution in [2.24, 2.45) is 0 Å². The highest BCUT2D eigenvalue weighted by Gasteiger charge is 2.31. The molecule has 3 N–H and O–H groups in total. The van der Waals surface area contributed by atoms with Gasteiger partial charge in [-0.2, -0.15) is 18.3 Å². The number of aromatic nitrogens is 3. The van der Waals surface area contributed by atoms with Gasteiger partial charge in [0.15, 0.2) is 5.65 Å². The van der Waals surface area contributed by atoms with Crippen molar-refractivity contribution in [2.45, 2.75) is 25.7 Å². The number of benzene rings is 2. The summed E-state index contributed by atoms with van der Waals surface area (Å²) in [5, 5.41) is 20.9. The first-order valence-corrected chi connectivity index (χ1v) is 11.2. The minimum Gasteiger partial charge on any atom is -0.508 e. The number of H-pyrrole nitrogens is 1. The number of rotatable bonds is 4. The molecule has 6 nitrogen and oxygen atoms in total. The van der Waals surface area contributed by atoms with E-state index >= 15 is 0 Å². The molecule has 0 unspecified atom stereocenters. The number of aromatic hydroxyl groups is 1. The molecule has 2 aromatic heterocycles. The topological polar surface area (TPSA) is 77.1 Å². The maximum atomic E-state index is 14.6. The molecule has 182 valence electrons. The fraction of sp³-hybridized carbons (Fsp3) is 0.280. The summed E-state index contributed by atoms with van der Waals surface area (Å²) in [7, 11) is 0. The van der Waals surface area contributed by atoms with Crippen molar-refractivity contribution >= 4 is 11.0 Å². The number of phenolic OH excluding ortho intramolecular Hbond substituents is 1. The van der Waals surface area contributed by atoms with Crippen LogP contribution in [0, 0.1) is 12.7 Å². The molecule has 0 amide bonds. The van der Waals surface area contributed by atoms with Gasteiger partial charge in [0.1, 0.15) is 11.6 Å². The molecule has 0 radical (unpaired) electrons. The average Bonchev–Trinajstić information content (AvgIpc) is 3.20. The monoisotopic (exact) mass is 485 g/mol. The van der Waals surface area contributed by atoms with Crippen LogP contribution in [0.5, 0.6) is 5.75 Å². The standard InChI is InChI=1S/C25H23F4N5O/c1-14-23-16(10-21(31-24(23)33-32-14)19-7-6-18(35)11-20(19)26)13-34-9-8-30-12-22(34)15-2-4-17(5-3-15)25(27,28)29/h2-7,10-11,22,30,35H,8-9,12-13H2,1H3,(H,31,32,33)/t22-/m1/s1. The van der Waals surface area contributed by atoms with Gasteiger partial charge in [-0.1, -0.05) is 12.1 Å². The number of aromatic amines is 1. The Morgan fingerprint density at radius 1 is 1.11 bits per heavy atom. The highest BCUT2D eigenvalue weighted by Crippen LogP contribution is 2.34. The van der Waals surface area contributed by atoms with Gasteiger partial charge in [-0.3, -0.25) is 10.00 Å². The predicted octanol–water partition coefficient (Wildman–Crippen LogP) is 4.94. The van der Waals surface area contributed by atoms with E-state index in [1.54, 1.807) is 0 Å². The molecule has 2 aromatic carbocycles. The van der Waals surface area contributed by atoms with Crippen molar-refractivity contribution in [2.75, 3.05) is 19.6 Å². The zero-order valence-electron chi connectivity index (χ0n) is 18.8. The molecular weight excluding hydrogens is 462 g/mol. The zero-order chi connectivity index (χ0) is 24.7. The second kappa shape index (κ2) is 8.94. The van der Waals surface area contributed by atoms with Gasteiger partial charge in [-0.25, -0.2) is 9.37 Å². The lowest BCUT2D eigenvalue weighted by Gasteiger charge is -2.37. The molecule has 4 aromatic rings. The largest absolute Gasteiger partial charge is 0.508 e. The summed E-state index contributed by atoms with van der Waals surface area (Å²) in [5.74, 6) is -0.769. The summed E-state index contributed by atoms with van der Waals surface area (Å²) in [6.45, 7) is 4.32. The molecule has 1 saturated heterocycles. The molecular formula is C25H23F4N5O. The minimum absolute atomic E-state index is 0.143. The van der Waals surface area contributed by atoms with Crippen molar-refractivity contribution in [3.05, 3.63) is 76.7 Å². The Kier molecular flexibility index (Phi) is 5.94. The van der Waals surface area contributed by atoms with Gasteiger partial charge in [0, 0.05) is 49.2 Å². The zero-order valence-corrected chi connectivity index (χ0v) is 18.8. The number of pyridine rings is 1. The Morgan fingerprint density at radius 2 is 1.89 bits per heavy atom. The van der Waals surface area contributed by atoms with Gasteiger partial charge in [0.2, 0.25) is 0 Å². The highest BCUT2D eigenvalue weighted by atomic mass is 19.4. The van der Waals surface area contributed by atoms with Crippen LogP contribution in [0.4, 0.5) is 17.6 Å². The fourth-order valence-corrected chi connectivity index (χ4v) is 4.63. The lowest BCUT2D eigenvalue weighted by molar-refractivity contribution is -0.137. The van der Waals surface area contributed by atoms with E-state index in [1.165, 1.54) is 24.3 Å². The Bertz CT molecular complexity index is 1370. The number of hydrogen-bond acceptors (Lipinski definition) is 5. The van der Waals surface area contributed by atoms with Crippen molar-refractivity contribution in [3.8, 4) is 17.0 Å². The number of nitrogens with one attached hydrogen (secondary N) is 2. The molecule has 0 saturated carbocycles. The van der Waals surface area contributed by atoms with E-state index < -0.39 is 17.6 Å². The van der Waals surface area contributed by atoms with Crippen LogP contribution in [-0.2, 0) is 12.7 Å². The molecule has 0 spiro atoms. The van der Waals surface area contributed by atoms with E-state index in [1.807, 2.05) is 13.0 Å². The Balaban J connectivity index is 1.52. The number of hydrogen-bond donors (Lipinski definition) is 3. The fourth-order valence-electron chi connectivity index (χ4n) is 4.63. The van der Waals surface area contributed by atoms with Crippen molar-refractivity contribution < 1.29 is 22.7 Å². The predicted molar refractivity (Wildman–Crippen MR) is 123 cm³/mol. The number of piperazine rings is 1. The number of phenols is 1. The molecule has 1 aliphatic rings. The first-order valence-electron chi connectivity index (χ1n) is 11.2. The smallest absolute Gasteiger partial charge is 0.416 e. The van der Waals surface area contributed by atoms with Crippen LogP contribution >= 0.6 is 0 Å². The van der Waals surface area contributed by atoms with Gasteiger partial charge >= 0.3 is 6.18 Å². The van der Waals surface area contributed by atoms with Crippen molar-refractivity contribution in [1.82, 2.24) is 25.4 Å². The van der Waals surface area contributed by atoms with E-state index in [0.717, 1.165) is 47.0 Å². The number of alkyl halides is 3. The van der Waals surface area contributed by atoms with Gasteiger partial charge in [0.05, 0.1) is 17.0 Å². The summed E-state index contributed by atoms with van der Waals surface area (Å²) >= 11 is 0. The van der Waals surface area contributed by atoms with E-state index in [-0.39, 0.29) is 17.4 Å². The van der Waals surface area contributed by atoms with E-state index in [0.29, 0.717) is 31.0 Å². The lowest BCUT2D eigenvalue weighted by atomic mass is 9.99. The number of aryl methyl sites for hydroxylation is 1. The van der Waals surface area contributed by atoms with Crippen molar-refractivity contribution in [3.63, 3.8) is 0 Å². The number of nitrogens with zero attached hydrogens (tertiary/aromatic N) is 3. The van der Waals surface area contributed by atoms with Crippen LogP contribution in [0.25, 0.3) is 22.3 Å². The molecule has 10 heteroatoms. The molecule has 0 aliphatic carbocycles. The number of halogens is 4. The molecule has 35 heavy (non-hydrogen) atoms. The van der Waals surface area contributed by atoms with E-state index in [9.17, 15) is 22.7 Å². The van der Waals surface area contributed by atoms with Crippen LogP contribution in [0.3, 0.4) is 0 Å². The first kappa shape index (κ1) is 23.3. The SMILES string of the molecule is Cc1n[nH]c2nc(-c3ccc(O)cc3F)cc(CN3CCNC[C@@H]3c3ccc(C(F)(F)F)cc3)c12. The first-order chi connectivity index (χ1) is 16.7. The molecule has 1 atom stereocenters. The second-order valence-corrected chi connectivity index (χ2v) is 8.67. The minimum atomic E-state index is -4.38. The number of fused-ring (bicyclic) bond motifs is 1. The summed E-state index contributed by atoms with van der Waals surface area (Å²) in [5.41, 5.74) is 2.89. The molecule has 1 aliphatic heterocycles. The van der Waals surface area contributed by atoms with E-state index in [4.69, 9.17) is 0 Å². The molecule has 1 fully saturated rings. The lowest BCUT2D eigenvalue weighted by Crippen LogP contribution is -2.45. The van der Waals surface area contributed by atoms with Gasteiger partial charge < -0.3 is 10.4 Å². The van der Waals surface area contributed by atoms with Crippen LogP contribution in [-0.4, -0.2) is 44.8 Å². The highest BCUT2D eigenvalue weighted by molar-refractivity contribution is 5.84. The average molecular weight is 485 g/mol. The Hall–Kier alpha value is -3.50. The maximum absolute atomic E-state index is 14.6. The van der Waals surface area contributed by atoms with Gasteiger partial charge in [-0.15, -0.1) is 0 Å². The summed E-state index contributed by atoms with van der Waals surface area (Å²) in [6, 6.07) is 10.8. The summed E-state index contributed by atoms with van der Waals surface area (Å²) < 4.78 is 53.7. The Labute approximate surface area is 198 Å². The van der Waals surface area contributed by atoms with E-state index in [2.05, 4.69) is 25.4 Å². The maximum Gasteiger partial charge on any atom is 0.416 e. The summed E-state index contributed by atoms with van der Waals surface area (Å²) in [6.07, 6.45) is -4.38. The molecule has 0 bridgehead atoms. The third-order valence-corrected chi connectivity index (χ3v) is 6.37. The van der Waals surface area contributed by atoms with Crippen LogP contribution in [0.15, 0.2) is 48.5 Å². The van der Waals surface area contributed by atoms with Crippen molar-refractivity contribution in [1.29, 1.82) is 0 Å². The quantitative estimate of drug-likeness (QED) is 0.357.